The maximum Gasteiger partial charge on any atom is 0.303 e. The summed E-state index contributed by atoms with van der Waals surface area (Å²) in [5.41, 5.74) is -0.817. The molecule has 1 saturated heterocycles. The number of hydrogen-bond donors (Lipinski definition) is 0. The van der Waals surface area contributed by atoms with Crippen LogP contribution in [0.5, 0.6) is 5.75 Å². The maximum absolute atomic E-state index is 13.5. The van der Waals surface area contributed by atoms with Gasteiger partial charge in [0, 0.05) is 32.6 Å². The van der Waals surface area contributed by atoms with E-state index in [1.807, 2.05) is 0 Å². The molecule has 0 amide bonds. The lowest BCUT2D eigenvalue weighted by Gasteiger charge is -2.40. The normalized spacial score (nSPS) is 24.6. The number of halogens is 2. The van der Waals surface area contributed by atoms with E-state index in [9.17, 15) is 18.8 Å². The van der Waals surface area contributed by atoms with E-state index in [0.717, 1.165) is 0 Å². The molecule has 1 aliphatic heterocycles. The maximum atomic E-state index is 13.5. The van der Waals surface area contributed by atoms with Gasteiger partial charge < -0.3 is 18.9 Å². The van der Waals surface area contributed by atoms with E-state index in [1.165, 1.54) is 50.7 Å². The smallest absolute Gasteiger partial charge is 0.303 e. The highest BCUT2D eigenvalue weighted by molar-refractivity contribution is 9.10. The first kappa shape index (κ1) is 21.5. The minimum Gasteiger partial charge on any atom is -0.474 e. The topological polar surface area (TPSA) is 88.1 Å². The molecule has 0 aliphatic carbocycles. The Bertz CT molecular complexity index is 729. The van der Waals surface area contributed by atoms with Crippen molar-refractivity contribution in [3.05, 3.63) is 28.5 Å². The van der Waals surface area contributed by atoms with Crippen molar-refractivity contribution in [2.45, 2.75) is 44.5 Å². The summed E-state index contributed by atoms with van der Waals surface area (Å²) in [6.45, 7) is 3.61. The number of carbonyl (C=O) groups is 3. The molecular weight excluding hydrogens is 447 g/mol. The summed E-state index contributed by atoms with van der Waals surface area (Å²) in [6, 6.07) is 3.91. The molecule has 27 heavy (non-hydrogen) atoms. The summed E-state index contributed by atoms with van der Waals surface area (Å²) in [4.78, 5) is 34.5. The first-order chi connectivity index (χ1) is 12.7. The second-order valence-corrected chi connectivity index (χ2v) is 7.68. The summed E-state index contributed by atoms with van der Waals surface area (Å²) in [6.07, 6.45) is -2.95. The molecule has 10 heteroatoms. The number of carbonyl (C=O) groups excluding carboxylic acids is 3. The Kier molecular flexibility index (Phi) is 7.49. The zero-order chi connectivity index (χ0) is 20.1. The highest BCUT2D eigenvalue weighted by atomic mass is 79.9. The standard InChI is InChI=1S/C17H18BrFO7S/c1-8(20)23-14-7-27-17(26-13-6-11(19)4-5-12(13)18)16(25-10(3)22)15(14)24-9(2)21/h4-6,14-17H,7H2,1-3H3/t14-,15+,16-,17-/m1/s1. The molecule has 0 bridgehead atoms. The molecule has 1 aromatic rings. The Morgan fingerprint density at radius 1 is 1.04 bits per heavy atom. The number of thioether (sulfide) groups is 1. The van der Waals surface area contributed by atoms with Crippen LogP contribution in [0.3, 0.4) is 0 Å². The molecule has 0 spiro atoms. The van der Waals surface area contributed by atoms with Crippen LogP contribution in [0.15, 0.2) is 22.7 Å². The van der Waals surface area contributed by atoms with Gasteiger partial charge in [-0.2, -0.15) is 0 Å². The highest BCUT2D eigenvalue weighted by Crippen LogP contribution is 2.36. The Balaban J connectivity index is 2.32. The number of esters is 3. The Morgan fingerprint density at radius 2 is 1.63 bits per heavy atom. The number of rotatable bonds is 5. The average molecular weight is 465 g/mol. The summed E-state index contributed by atoms with van der Waals surface area (Å²) in [5, 5.41) is 0. The van der Waals surface area contributed by atoms with Gasteiger partial charge in [-0.3, -0.25) is 14.4 Å². The van der Waals surface area contributed by atoms with Crippen LogP contribution in [-0.2, 0) is 28.6 Å². The predicted molar refractivity (Wildman–Crippen MR) is 97.6 cm³/mol. The van der Waals surface area contributed by atoms with Gasteiger partial charge in [-0.05, 0) is 28.1 Å². The first-order valence-electron chi connectivity index (χ1n) is 7.92. The molecule has 2 rings (SSSR count). The second-order valence-electron chi connectivity index (χ2n) is 5.69. The molecular formula is C17H18BrFO7S. The number of hydrogen-bond acceptors (Lipinski definition) is 8. The van der Waals surface area contributed by atoms with Crippen LogP contribution in [-0.4, -0.2) is 47.4 Å². The van der Waals surface area contributed by atoms with Crippen molar-refractivity contribution in [3.63, 3.8) is 0 Å². The fraction of sp³-hybridized carbons (Fsp3) is 0.471. The Morgan fingerprint density at radius 3 is 2.22 bits per heavy atom. The average Bonchev–Trinajstić information content (AvgIpc) is 2.55. The van der Waals surface area contributed by atoms with Gasteiger partial charge in [0.05, 0.1) is 4.47 Å². The van der Waals surface area contributed by atoms with Crippen molar-refractivity contribution in [2.75, 3.05) is 5.75 Å². The van der Waals surface area contributed by atoms with Crippen molar-refractivity contribution in [1.82, 2.24) is 0 Å². The lowest BCUT2D eigenvalue weighted by molar-refractivity contribution is -0.186. The summed E-state index contributed by atoms with van der Waals surface area (Å²) < 4.78 is 35.6. The minimum absolute atomic E-state index is 0.192. The van der Waals surface area contributed by atoms with Crippen LogP contribution in [0, 0.1) is 5.82 Å². The van der Waals surface area contributed by atoms with E-state index >= 15 is 0 Å². The fourth-order valence-electron chi connectivity index (χ4n) is 2.50. The quantitative estimate of drug-likeness (QED) is 0.485. The first-order valence-corrected chi connectivity index (χ1v) is 9.76. The summed E-state index contributed by atoms with van der Waals surface area (Å²) >= 11 is 4.46. The third-order valence-corrected chi connectivity index (χ3v) is 5.31. The Labute approximate surface area is 168 Å². The van der Waals surface area contributed by atoms with E-state index in [-0.39, 0.29) is 11.5 Å². The van der Waals surface area contributed by atoms with Gasteiger partial charge in [-0.15, -0.1) is 11.8 Å². The molecule has 0 N–H and O–H groups in total. The van der Waals surface area contributed by atoms with Crippen molar-refractivity contribution in [2.24, 2.45) is 0 Å². The number of ether oxygens (including phenoxy) is 4. The van der Waals surface area contributed by atoms with Gasteiger partial charge in [0.15, 0.2) is 23.7 Å². The molecule has 0 radical (unpaired) electrons. The lowest BCUT2D eigenvalue weighted by atomic mass is 10.1. The van der Waals surface area contributed by atoms with E-state index in [0.29, 0.717) is 4.47 Å². The van der Waals surface area contributed by atoms with Gasteiger partial charge in [0.2, 0.25) is 0 Å². The van der Waals surface area contributed by atoms with Crippen LogP contribution >= 0.6 is 27.7 Å². The van der Waals surface area contributed by atoms with Crippen LogP contribution in [0.25, 0.3) is 0 Å². The van der Waals surface area contributed by atoms with Gasteiger partial charge in [-0.25, -0.2) is 4.39 Å². The minimum atomic E-state index is -1.07. The highest BCUT2D eigenvalue weighted by Gasteiger charge is 2.47. The molecule has 0 saturated carbocycles. The van der Waals surface area contributed by atoms with Crippen LogP contribution in [0.4, 0.5) is 4.39 Å². The summed E-state index contributed by atoms with van der Waals surface area (Å²) in [5.74, 6) is -1.91. The SMILES string of the molecule is CC(=O)O[C@@H]1[C@@H](OC(C)=O)[C@H](OC(C)=O)CS[C@H]1Oc1cc(F)ccc1Br. The van der Waals surface area contributed by atoms with Crippen LogP contribution < -0.4 is 4.74 Å². The van der Waals surface area contributed by atoms with Gasteiger partial charge in [-0.1, -0.05) is 0 Å². The van der Waals surface area contributed by atoms with Crippen molar-refractivity contribution in [3.8, 4) is 5.75 Å². The monoisotopic (exact) mass is 464 g/mol. The molecule has 148 valence electrons. The fourth-order valence-corrected chi connectivity index (χ4v) is 4.05. The number of benzene rings is 1. The Hall–Kier alpha value is -1.81. The third kappa shape index (κ3) is 6.10. The largest absolute Gasteiger partial charge is 0.474 e. The van der Waals surface area contributed by atoms with Gasteiger partial charge >= 0.3 is 17.9 Å². The van der Waals surface area contributed by atoms with Gasteiger partial charge in [0.1, 0.15) is 11.6 Å². The van der Waals surface area contributed by atoms with Gasteiger partial charge in [0.25, 0.3) is 0 Å². The van der Waals surface area contributed by atoms with E-state index in [2.05, 4.69) is 15.9 Å². The van der Waals surface area contributed by atoms with Crippen molar-refractivity contribution < 1.29 is 37.7 Å². The second kappa shape index (κ2) is 9.41. The van der Waals surface area contributed by atoms with Crippen molar-refractivity contribution in [1.29, 1.82) is 0 Å². The van der Waals surface area contributed by atoms with E-state index in [1.54, 1.807) is 0 Å². The zero-order valence-corrected chi connectivity index (χ0v) is 17.2. The lowest BCUT2D eigenvalue weighted by Crippen LogP contribution is -2.55. The van der Waals surface area contributed by atoms with E-state index < -0.39 is 47.5 Å². The zero-order valence-electron chi connectivity index (χ0n) is 14.8. The molecule has 1 fully saturated rings. The third-order valence-electron chi connectivity index (χ3n) is 3.44. The molecule has 7 nitrogen and oxygen atoms in total. The molecule has 4 atom stereocenters. The summed E-state index contributed by atoms with van der Waals surface area (Å²) in [7, 11) is 0. The molecule has 1 aliphatic rings. The van der Waals surface area contributed by atoms with Crippen LogP contribution in [0.1, 0.15) is 20.8 Å². The predicted octanol–water partition coefficient (Wildman–Crippen LogP) is 2.84. The van der Waals surface area contributed by atoms with Crippen LogP contribution in [0.2, 0.25) is 0 Å². The molecule has 0 aromatic heterocycles. The molecule has 1 aromatic carbocycles. The van der Waals surface area contributed by atoms with E-state index in [4.69, 9.17) is 18.9 Å². The molecule has 0 unspecified atom stereocenters. The van der Waals surface area contributed by atoms with Crippen molar-refractivity contribution >= 4 is 45.6 Å². The molecule has 1 heterocycles.